The van der Waals surface area contributed by atoms with Gasteiger partial charge in [-0.25, -0.2) is 8.42 Å². The van der Waals surface area contributed by atoms with Crippen LogP contribution in [0.5, 0.6) is 0 Å². The van der Waals surface area contributed by atoms with Crippen molar-refractivity contribution >= 4 is 10.0 Å². The third-order valence-electron chi connectivity index (χ3n) is 2.62. The zero-order valence-electron chi connectivity index (χ0n) is 10.8. The lowest BCUT2D eigenvalue weighted by molar-refractivity contribution is 0.422. The van der Waals surface area contributed by atoms with Crippen LogP contribution < -0.4 is 0 Å². The number of nitrogens with zero attached hydrogens (tertiary/aromatic N) is 3. The smallest absolute Gasteiger partial charge is 0.214 e. The molecule has 0 aliphatic heterocycles. The van der Waals surface area contributed by atoms with Crippen molar-refractivity contribution in [3.63, 3.8) is 0 Å². The van der Waals surface area contributed by atoms with Crippen LogP contribution in [-0.4, -0.2) is 34.8 Å². The summed E-state index contributed by atoms with van der Waals surface area (Å²) in [6.45, 7) is 4.77. The van der Waals surface area contributed by atoms with Crippen molar-refractivity contribution < 1.29 is 8.42 Å². The van der Waals surface area contributed by atoms with Crippen molar-refractivity contribution in [2.24, 2.45) is 7.05 Å². The number of hydrogen-bond donors (Lipinski definition) is 0. The van der Waals surface area contributed by atoms with Crippen LogP contribution in [0.25, 0.3) is 0 Å². The second-order valence-electron chi connectivity index (χ2n) is 4.12. The number of hydrogen-bond acceptors (Lipinski definition) is 3. The third-order valence-corrected chi connectivity index (χ3v) is 4.60. The average Bonchev–Trinajstić information content (AvgIpc) is 2.69. The molecule has 0 aliphatic carbocycles. The van der Waals surface area contributed by atoms with Gasteiger partial charge in [-0.3, -0.25) is 4.68 Å². The molecule has 1 aromatic heterocycles. The molecule has 0 bridgehead atoms. The van der Waals surface area contributed by atoms with E-state index in [1.807, 2.05) is 27.1 Å². The van der Waals surface area contributed by atoms with Gasteiger partial charge < -0.3 is 0 Å². The van der Waals surface area contributed by atoms with Gasteiger partial charge in [-0.1, -0.05) is 20.3 Å². The quantitative estimate of drug-likeness (QED) is 0.743. The lowest BCUT2D eigenvalue weighted by atomic mass is 10.3. The highest BCUT2D eigenvalue weighted by atomic mass is 32.2. The maximum atomic E-state index is 12.0. The molecule has 1 rings (SSSR count). The van der Waals surface area contributed by atoms with E-state index < -0.39 is 10.0 Å². The fourth-order valence-electron chi connectivity index (χ4n) is 1.62. The van der Waals surface area contributed by atoms with Crippen molar-refractivity contribution in [2.75, 3.05) is 12.3 Å². The van der Waals surface area contributed by atoms with Gasteiger partial charge in [0, 0.05) is 31.9 Å². The van der Waals surface area contributed by atoms with E-state index in [0.717, 1.165) is 12.0 Å². The second kappa shape index (κ2) is 6.16. The van der Waals surface area contributed by atoms with Gasteiger partial charge in [0.05, 0.1) is 11.9 Å². The Morgan fingerprint density at radius 2 is 2.12 bits per heavy atom. The van der Waals surface area contributed by atoms with E-state index in [1.165, 1.54) is 4.31 Å². The van der Waals surface area contributed by atoms with Gasteiger partial charge in [0.1, 0.15) is 0 Å². The van der Waals surface area contributed by atoms with Crippen LogP contribution in [0, 0.1) is 0 Å². The van der Waals surface area contributed by atoms with Crippen LogP contribution in [-0.2, 0) is 23.6 Å². The molecule has 0 atom stereocenters. The van der Waals surface area contributed by atoms with E-state index in [1.54, 1.807) is 10.9 Å². The van der Waals surface area contributed by atoms with E-state index in [4.69, 9.17) is 0 Å². The molecular weight excluding hydrogens is 238 g/mol. The molecule has 17 heavy (non-hydrogen) atoms. The minimum Gasteiger partial charge on any atom is -0.275 e. The summed E-state index contributed by atoms with van der Waals surface area (Å²) in [7, 11) is -1.30. The molecule has 6 heteroatoms. The molecule has 1 aromatic rings. The maximum Gasteiger partial charge on any atom is 0.214 e. The lowest BCUT2D eigenvalue weighted by Crippen LogP contribution is -2.32. The second-order valence-corrected chi connectivity index (χ2v) is 6.21. The van der Waals surface area contributed by atoms with Gasteiger partial charge in [-0.15, -0.1) is 0 Å². The summed E-state index contributed by atoms with van der Waals surface area (Å²) < 4.78 is 27.3. The average molecular weight is 259 g/mol. The number of unbranched alkanes of at least 4 members (excludes halogenated alkanes) is 1. The molecule has 0 saturated heterocycles. The van der Waals surface area contributed by atoms with E-state index in [2.05, 4.69) is 5.10 Å². The first-order valence-corrected chi connectivity index (χ1v) is 7.55. The molecule has 0 saturated carbocycles. The van der Waals surface area contributed by atoms with Crippen LogP contribution in [0.15, 0.2) is 12.4 Å². The zero-order chi connectivity index (χ0) is 12.9. The predicted molar refractivity (Wildman–Crippen MR) is 68.0 cm³/mol. The molecule has 0 aromatic carbocycles. The Balaban J connectivity index is 2.71. The Kier molecular flexibility index (Phi) is 5.14. The molecule has 98 valence electrons. The molecular formula is C11H21N3O2S. The van der Waals surface area contributed by atoms with Crippen molar-refractivity contribution in [2.45, 2.75) is 33.2 Å². The van der Waals surface area contributed by atoms with Gasteiger partial charge in [0.25, 0.3) is 0 Å². The molecule has 5 nitrogen and oxygen atoms in total. The summed E-state index contributed by atoms with van der Waals surface area (Å²) in [5.41, 5.74) is 0.925. The van der Waals surface area contributed by atoms with Crippen molar-refractivity contribution in [3.05, 3.63) is 18.0 Å². The van der Waals surface area contributed by atoms with Crippen LogP contribution in [0.3, 0.4) is 0 Å². The molecule has 0 radical (unpaired) electrons. The first-order valence-electron chi connectivity index (χ1n) is 5.95. The monoisotopic (exact) mass is 259 g/mol. The Morgan fingerprint density at radius 1 is 1.41 bits per heavy atom. The summed E-state index contributed by atoms with van der Waals surface area (Å²) in [5.74, 6) is 0.234. The SMILES string of the molecule is CCCCS(=O)(=O)N(CC)Cc1cnn(C)c1. The summed E-state index contributed by atoms with van der Waals surface area (Å²) >= 11 is 0. The molecule has 0 N–H and O–H groups in total. The van der Waals surface area contributed by atoms with Crippen LogP contribution >= 0.6 is 0 Å². The third kappa shape index (κ3) is 4.12. The maximum absolute atomic E-state index is 12.0. The van der Waals surface area contributed by atoms with Crippen LogP contribution in [0.1, 0.15) is 32.3 Å². The zero-order valence-corrected chi connectivity index (χ0v) is 11.6. The highest BCUT2D eigenvalue weighted by Crippen LogP contribution is 2.10. The molecule has 0 unspecified atom stereocenters. The standard InChI is InChI=1S/C11H21N3O2S/c1-4-6-7-17(15,16)14(5-2)10-11-8-12-13(3)9-11/h8-9H,4-7,10H2,1-3H3. The molecule has 0 fully saturated rings. The fraction of sp³-hybridized carbons (Fsp3) is 0.727. The number of rotatable bonds is 7. The van der Waals surface area contributed by atoms with Gasteiger partial charge in [-0.2, -0.15) is 9.40 Å². The summed E-state index contributed by atoms with van der Waals surface area (Å²) in [4.78, 5) is 0. The van der Waals surface area contributed by atoms with Crippen molar-refractivity contribution in [3.8, 4) is 0 Å². The largest absolute Gasteiger partial charge is 0.275 e. The van der Waals surface area contributed by atoms with Gasteiger partial charge in [0.2, 0.25) is 10.0 Å². The minimum atomic E-state index is -3.13. The highest BCUT2D eigenvalue weighted by Gasteiger charge is 2.20. The predicted octanol–water partition coefficient (Wildman–Crippen LogP) is 1.37. The van der Waals surface area contributed by atoms with Crippen molar-refractivity contribution in [1.82, 2.24) is 14.1 Å². The normalized spacial score (nSPS) is 12.2. The van der Waals surface area contributed by atoms with Gasteiger partial charge >= 0.3 is 0 Å². The Bertz CT molecular complexity index is 439. The van der Waals surface area contributed by atoms with E-state index >= 15 is 0 Å². The highest BCUT2D eigenvalue weighted by molar-refractivity contribution is 7.89. The molecule has 0 amide bonds. The first kappa shape index (κ1) is 14.2. The summed E-state index contributed by atoms with van der Waals surface area (Å²) in [6.07, 6.45) is 5.16. The summed E-state index contributed by atoms with van der Waals surface area (Å²) in [5, 5.41) is 4.04. The van der Waals surface area contributed by atoms with Gasteiger partial charge in [0.15, 0.2) is 0 Å². The molecule has 0 aliphatic rings. The van der Waals surface area contributed by atoms with Gasteiger partial charge in [-0.05, 0) is 6.42 Å². The van der Waals surface area contributed by atoms with E-state index in [0.29, 0.717) is 19.5 Å². The Morgan fingerprint density at radius 3 is 2.59 bits per heavy atom. The Labute approximate surface area is 103 Å². The molecule has 0 spiro atoms. The van der Waals surface area contributed by atoms with E-state index in [-0.39, 0.29) is 5.75 Å². The van der Waals surface area contributed by atoms with Crippen molar-refractivity contribution in [1.29, 1.82) is 0 Å². The topological polar surface area (TPSA) is 55.2 Å². The Hall–Kier alpha value is -0.880. The summed E-state index contributed by atoms with van der Waals surface area (Å²) in [6, 6.07) is 0. The fourth-order valence-corrected chi connectivity index (χ4v) is 3.27. The lowest BCUT2D eigenvalue weighted by Gasteiger charge is -2.19. The number of sulfonamides is 1. The van der Waals surface area contributed by atoms with Crippen LogP contribution in [0.4, 0.5) is 0 Å². The number of aryl methyl sites for hydroxylation is 1. The van der Waals surface area contributed by atoms with Crippen LogP contribution in [0.2, 0.25) is 0 Å². The molecule has 1 heterocycles. The first-order chi connectivity index (χ1) is 7.99. The number of aromatic nitrogens is 2. The van der Waals surface area contributed by atoms with E-state index in [9.17, 15) is 8.42 Å². The minimum absolute atomic E-state index is 0.234.